The van der Waals surface area contributed by atoms with Gasteiger partial charge in [0.2, 0.25) is 0 Å². The van der Waals surface area contributed by atoms with Crippen molar-refractivity contribution in [2.24, 2.45) is 0 Å². The molecule has 0 radical (unpaired) electrons. The molecule has 0 aliphatic heterocycles. The van der Waals surface area contributed by atoms with Crippen LogP contribution in [0, 0.1) is 13.8 Å². The van der Waals surface area contributed by atoms with Crippen LogP contribution < -0.4 is 10.1 Å². The van der Waals surface area contributed by atoms with Gasteiger partial charge in [-0.1, -0.05) is 41.4 Å². The van der Waals surface area contributed by atoms with Gasteiger partial charge in [0.15, 0.2) is 6.61 Å². The van der Waals surface area contributed by atoms with Crippen LogP contribution in [-0.2, 0) is 4.79 Å². The van der Waals surface area contributed by atoms with Crippen molar-refractivity contribution in [1.82, 2.24) is 9.78 Å². The van der Waals surface area contributed by atoms with Crippen molar-refractivity contribution in [1.29, 1.82) is 0 Å². The highest BCUT2D eigenvalue weighted by Crippen LogP contribution is 2.25. The highest BCUT2D eigenvalue weighted by atomic mass is 35.5. The quantitative estimate of drug-likeness (QED) is 0.680. The van der Waals surface area contributed by atoms with Gasteiger partial charge in [-0.15, -0.1) is 0 Å². The third-order valence-electron chi connectivity index (χ3n) is 3.76. The van der Waals surface area contributed by atoms with Crippen LogP contribution in [0.5, 0.6) is 5.75 Å². The smallest absolute Gasteiger partial charge is 0.262 e. The molecule has 0 spiro atoms. The topological polar surface area (TPSA) is 56.2 Å². The minimum absolute atomic E-state index is 0.161. The molecule has 5 nitrogen and oxygen atoms in total. The van der Waals surface area contributed by atoms with Gasteiger partial charge in [0, 0.05) is 10.0 Å². The number of aryl methyl sites for hydroxylation is 1. The normalized spacial score (nSPS) is 10.6. The van der Waals surface area contributed by atoms with Gasteiger partial charge in [-0.05, 0) is 44.2 Å². The Balaban J connectivity index is 1.71. The molecule has 0 saturated carbocycles. The Morgan fingerprint density at radius 2 is 1.77 bits per heavy atom. The first-order chi connectivity index (χ1) is 12.4. The number of aromatic nitrogens is 2. The number of nitrogens with one attached hydrogen (secondary N) is 1. The Morgan fingerprint density at radius 3 is 2.42 bits per heavy atom. The van der Waals surface area contributed by atoms with E-state index < -0.39 is 0 Å². The van der Waals surface area contributed by atoms with Crippen LogP contribution in [0.2, 0.25) is 10.0 Å². The van der Waals surface area contributed by atoms with E-state index in [9.17, 15) is 4.79 Å². The highest BCUT2D eigenvalue weighted by Gasteiger charge is 2.15. The van der Waals surface area contributed by atoms with Gasteiger partial charge < -0.3 is 10.1 Å². The summed E-state index contributed by atoms with van der Waals surface area (Å²) in [5.74, 6) is 0.144. The van der Waals surface area contributed by atoms with E-state index in [2.05, 4.69) is 10.4 Å². The number of para-hydroxylation sites is 1. The molecule has 0 bridgehead atoms. The number of carbonyl (C=O) groups excluding carboxylic acids is 1. The van der Waals surface area contributed by atoms with Crippen LogP contribution in [0.1, 0.15) is 11.4 Å². The molecule has 0 aliphatic carbocycles. The second-order valence-corrected chi connectivity index (χ2v) is 6.61. The molecule has 1 N–H and O–H groups in total. The van der Waals surface area contributed by atoms with Crippen LogP contribution >= 0.6 is 23.2 Å². The molecular formula is C19H17Cl2N3O2. The van der Waals surface area contributed by atoms with Gasteiger partial charge in [-0.25, -0.2) is 4.68 Å². The predicted octanol–water partition coefficient (Wildman–Crippen LogP) is 4.81. The number of nitrogens with zero attached hydrogens (tertiary/aromatic N) is 2. The van der Waals surface area contributed by atoms with Crippen molar-refractivity contribution < 1.29 is 9.53 Å². The minimum Gasteiger partial charge on any atom is -0.484 e. The van der Waals surface area contributed by atoms with Crippen molar-refractivity contribution in [3.8, 4) is 11.4 Å². The molecule has 2 aromatic carbocycles. The fourth-order valence-corrected chi connectivity index (χ4v) is 3.09. The number of ether oxygens (including phenoxy) is 1. The Bertz CT molecular complexity index is 919. The summed E-state index contributed by atoms with van der Waals surface area (Å²) >= 11 is 11.8. The van der Waals surface area contributed by atoms with E-state index in [1.165, 1.54) is 0 Å². The van der Waals surface area contributed by atoms with Crippen molar-refractivity contribution in [3.63, 3.8) is 0 Å². The zero-order chi connectivity index (χ0) is 18.7. The lowest BCUT2D eigenvalue weighted by molar-refractivity contribution is -0.118. The molecule has 1 amide bonds. The lowest BCUT2D eigenvalue weighted by Gasteiger charge is -2.09. The van der Waals surface area contributed by atoms with E-state index in [1.54, 1.807) is 22.9 Å². The number of hydrogen-bond acceptors (Lipinski definition) is 3. The van der Waals surface area contributed by atoms with Crippen LogP contribution in [0.4, 0.5) is 5.69 Å². The number of anilines is 1. The summed E-state index contributed by atoms with van der Waals surface area (Å²) < 4.78 is 7.26. The Morgan fingerprint density at radius 1 is 1.12 bits per heavy atom. The van der Waals surface area contributed by atoms with Crippen molar-refractivity contribution in [2.45, 2.75) is 13.8 Å². The van der Waals surface area contributed by atoms with Gasteiger partial charge in [0.25, 0.3) is 5.91 Å². The van der Waals surface area contributed by atoms with Crippen LogP contribution in [0.3, 0.4) is 0 Å². The summed E-state index contributed by atoms with van der Waals surface area (Å²) in [6.45, 7) is 3.59. The van der Waals surface area contributed by atoms with Gasteiger partial charge >= 0.3 is 0 Å². The summed E-state index contributed by atoms with van der Waals surface area (Å²) in [7, 11) is 0. The van der Waals surface area contributed by atoms with Crippen LogP contribution in [0.15, 0.2) is 48.5 Å². The maximum atomic E-state index is 12.3. The number of rotatable bonds is 5. The third-order valence-corrected chi connectivity index (χ3v) is 4.20. The summed E-state index contributed by atoms with van der Waals surface area (Å²) in [5, 5.41) is 8.25. The van der Waals surface area contributed by atoms with Gasteiger partial charge in [-0.3, -0.25) is 4.79 Å². The molecule has 0 fully saturated rings. The average Bonchev–Trinajstić information content (AvgIpc) is 2.88. The number of benzene rings is 2. The number of carbonyl (C=O) groups is 1. The summed E-state index contributed by atoms with van der Waals surface area (Å²) in [6.07, 6.45) is 0. The van der Waals surface area contributed by atoms with Crippen LogP contribution in [-0.4, -0.2) is 22.3 Å². The average molecular weight is 390 g/mol. The molecule has 0 aliphatic rings. The van der Waals surface area contributed by atoms with E-state index in [-0.39, 0.29) is 12.5 Å². The third kappa shape index (κ3) is 4.18. The van der Waals surface area contributed by atoms with Gasteiger partial charge in [-0.2, -0.15) is 5.10 Å². The van der Waals surface area contributed by atoms with E-state index >= 15 is 0 Å². The van der Waals surface area contributed by atoms with Gasteiger partial charge in [0.1, 0.15) is 5.75 Å². The maximum Gasteiger partial charge on any atom is 0.262 e. The van der Waals surface area contributed by atoms with Crippen molar-refractivity contribution >= 4 is 34.8 Å². The second kappa shape index (κ2) is 7.81. The molecule has 3 aromatic rings. The zero-order valence-electron chi connectivity index (χ0n) is 14.3. The molecule has 134 valence electrons. The van der Waals surface area contributed by atoms with Crippen molar-refractivity contribution in [2.75, 3.05) is 11.9 Å². The summed E-state index contributed by atoms with van der Waals surface area (Å²) in [4.78, 5) is 12.3. The lowest BCUT2D eigenvalue weighted by atomic mass is 10.3. The van der Waals surface area contributed by atoms with Crippen molar-refractivity contribution in [3.05, 3.63) is 70.0 Å². The first kappa shape index (κ1) is 18.3. The van der Waals surface area contributed by atoms with E-state index in [0.29, 0.717) is 21.5 Å². The Hall–Kier alpha value is -2.50. The fourth-order valence-electron chi connectivity index (χ4n) is 2.58. The van der Waals surface area contributed by atoms with Crippen LogP contribution in [0.25, 0.3) is 5.69 Å². The van der Waals surface area contributed by atoms with E-state index in [4.69, 9.17) is 27.9 Å². The summed E-state index contributed by atoms with van der Waals surface area (Å²) in [6, 6.07) is 14.5. The Kier molecular flexibility index (Phi) is 5.49. The first-order valence-electron chi connectivity index (χ1n) is 7.94. The molecule has 7 heteroatoms. The lowest BCUT2D eigenvalue weighted by Crippen LogP contribution is -2.21. The van der Waals surface area contributed by atoms with E-state index in [0.717, 1.165) is 17.1 Å². The Labute approximate surface area is 161 Å². The second-order valence-electron chi connectivity index (χ2n) is 5.74. The molecule has 1 aromatic heterocycles. The van der Waals surface area contributed by atoms with Gasteiger partial charge in [0.05, 0.1) is 22.8 Å². The predicted molar refractivity (Wildman–Crippen MR) is 104 cm³/mol. The molecule has 1 heterocycles. The largest absolute Gasteiger partial charge is 0.484 e. The fraction of sp³-hybridized carbons (Fsp3) is 0.158. The standard InChI is InChI=1S/C19H17Cl2N3O2/c1-12-19(13(2)24(23-12)16-6-4-3-5-7-16)22-18(25)11-26-17-9-14(20)8-15(21)10-17/h3-10H,11H2,1-2H3,(H,22,25). The molecule has 0 saturated heterocycles. The SMILES string of the molecule is Cc1nn(-c2ccccc2)c(C)c1NC(=O)COc1cc(Cl)cc(Cl)c1. The maximum absolute atomic E-state index is 12.3. The number of halogens is 2. The van der Waals surface area contributed by atoms with E-state index in [1.807, 2.05) is 44.2 Å². The molecule has 0 atom stereocenters. The highest BCUT2D eigenvalue weighted by molar-refractivity contribution is 6.34. The monoisotopic (exact) mass is 389 g/mol. The molecular weight excluding hydrogens is 373 g/mol. The summed E-state index contributed by atoms with van der Waals surface area (Å²) in [5.41, 5.74) is 3.17. The minimum atomic E-state index is -0.292. The zero-order valence-corrected chi connectivity index (χ0v) is 15.8. The number of amides is 1. The molecule has 0 unspecified atom stereocenters. The number of hydrogen-bond donors (Lipinski definition) is 1. The molecule has 26 heavy (non-hydrogen) atoms. The molecule has 3 rings (SSSR count). The first-order valence-corrected chi connectivity index (χ1v) is 8.70.